The lowest BCUT2D eigenvalue weighted by Crippen LogP contribution is -2.20. The molecule has 2 aromatic rings. The molecule has 130 valence electrons. The molecule has 0 radical (unpaired) electrons. The summed E-state index contributed by atoms with van der Waals surface area (Å²) in [4.78, 5) is 32.3. The number of ether oxygens (including phenoxy) is 2. The van der Waals surface area contributed by atoms with Gasteiger partial charge in [0.1, 0.15) is 12.1 Å². The van der Waals surface area contributed by atoms with E-state index in [-0.39, 0.29) is 17.4 Å². The summed E-state index contributed by atoms with van der Waals surface area (Å²) in [5.74, 6) is -0.0240. The van der Waals surface area contributed by atoms with Crippen molar-refractivity contribution in [3.8, 4) is 11.6 Å². The van der Waals surface area contributed by atoms with E-state index in [4.69, 9.17) is 4.74 Å². The molecular formula is C16H16N4O5. The lowest BCUT2D eigenvalue weighted by molar-refractivity contribution is -0.385. The van der Waals surface area contributed by atoms with Crippen LogP contribution in [0.25, 0.3) is 0 Å². The number of methoxy groups -OCH3 is 1. The monoisotopic (exact) mass is 344 g/mol. The van der Waals surface area contributed by atoms with E-state index in [0.29, 0.717) is 24.4 Å². The number of carbonyl (C=O) groups excluding carboxylic acids is 1. The van der Waals surface area contributed by atoms with E-state index in [0.717, 1.165) is 12.8 Å². The summed E-state index contributed by atoms with van der Waals surface area (Å²) in [5.41, 5.74) is 0.0891. The van der Waals surface area contributed by atoms with Gasteiger partial charge in [0.15, 0.2) is 0 Å². The van der Waals surface area contributed by atoms with Gasteiger partial charge in [-0.3, -0.25) is 10.1 Å². The second-order valence-corrected chi connectivity index (χ2v) is 5.42. The van der Waals surface area contributed by atoms with Crippen LogP contribution in [0.1, 0.15) is 23.2 Å². The fraction of sp³-hybridized carbons (Fsp3) is 0.312. The fourth-order valence-electron chi connectivity index (χ4n) is 2.64. The van der Waals surface area contributed by atoms with Gasteiger partial charge in [0.2, 0.25) is 5.82 Å². The quantitative estimate of drug-likeness (QED) is 0.462. The lowest BCUT2D eigenvalue weighted by Gasteiger charge is -2.16. The number of benzene rings is 1. The average molecular weight is 344 g/mol. The van der Waals surface area contributed by atoms with Crippen LogP contribution >= 0.6 is 0 Å². The number of esters is 1. The molecule has 1 aromatic heterocycles. The number of nitrogens with zero attached hydrogens (tertiary/aromatic N) is 4. The lowest BCUT2D eigenvalue weighted by atomic mass is 10.2. The van der Waals surface area contributed by atoms with Crippen molar-refractivity contribution >= 4 is 17.5 Å². The minimum atomic E-state index is -0.536. The number of anilines is 1. The van der Waals surface area contributed by atoms with E-state index in [9.17, 15) is 14.9 Å². The maximum Gasteiger partial charge on any atom is 0.373 e. The van der Waals surface area contributed by atoms with Crippen molar-refractivity contribution in [3.05, 3.63) is 46.3 Å². The van der Waals surface area contributed by atoms with Crippen molar-refractivity contribution in [2.45, 2.75) is 12.8 Å². The van der Waals surface area contributed by atoms with Crippen molar-refractivity contribution in [3.63, 3.8) is 0 Å². The summed E-state index contributed by atoms with van der Waals surface area (Å²) >= 11 is 0. The molecule has 1 saturated heterocycles. The van der Waals surface area contributed by atoms with Gasteiger partial charge in [0.05, 0.1) is 17.6 Å². The van der Waals surface area contributed by atoms with E-state index in [2.05, 4.69) is 14.7 Å². The maximum absolute atomic E-state index is 11.5. The molecule has 1 fully saturated rings. The van der Waals surface area contributed by atoms with Crippen LogP contribution in [0.5, 0.6) is 11.6 Å². The Morgan fingerprint density at radius 2 is 1.88 bits per heavy atom. The Bertz CT molecular complexity index is 788. The third-order valence-corrected chi connectivity index (χ3v) is 3.85. The Morgan fingerprint density at radius 1 is 1.20 bits per heavy atom. The summed E-state index contributed by atoms with van der Waals surface area (Å²) in [5, 5.41) is 11.5. The summed E-state index contributed by atoms with van der Waals surface area (Å²) in [6.07, 6.45) is 3.18. The number of hydrogen-bond donors (Lipinski definition) is 0. The fourth-order valence-corrected chi connectivity index (χ4v) is 2.64. The minimum absolute atomic E-state index is 0.132. The van der Waals surface area contributed by atoms with Crippen LogP contribution in [0.3, 0.4) is 0 Å². The molecule has 0 N–H and O–H groups in total. The highest BCUT2D eigenvalue weighted by atomic mass is 16.6. The predicted octanol–water partition coefficient (Wildman–Crippen LogP) is 2.56. The highest BCUT2D eigenvalue weighted by molar-refractivity contribution is 5.89. The number of nitro groups is 1. The van der Waals surface area contributed by atoms with Gasteiger partial charge in [-0.2, -0.15) is 4.98 Å². The molecule has 25 heavy (non-hydrogen) atoms. The molecule has 2 heterocycles. The van der Waals surface area contributed by atoms with Crippen LogP contribution in [-0.2, 0) is 4.74 Å². The third kappa shape index (κ3) is 3.49. The van der Waals surface area contributed by atoms with Crippen LogP contribution < -0.4 is 9.64 Å². The van der Waals surface area contributed by atoms with Crippen LogP contribution in [0, 0.1) is 10.1 Å². The Kier molecular flexibility index (Phi) is 4.73. The van der Waals surface area contributed by atoms with Crippen LogP contribution in [0.4, 0.5) is 11.5 Å². The topological polar surface area (TPSA) is 108 Å². The van der Waals surface area contributed by atoms with Gasteiger partial charge in [0, 0.05) is 13.1 Å². The molecule has 9 heteroatoms. The first kappa shape index (κ1) is 16.6. The van der Waals surface area contributed by atoms with Crippen molar-refractivity contribution in [1.82, 2.24) is 9.97 Å². The molecule has 1 aromatic carbocycles. The van der Waals surface area contributed by atoms with Gasteiger partial charge in [-0.1, -0.05) is 0 Å². The molecule has 0 amide bonds. The second kappa shape index (κ2) is 7.12. The van der Waals surface area contributed by atoms with E-state index >= 15 is 0 Å². The van der Waals surface area contributed by atoms with Gasteiger partial charge >= 0.3 is 17.5 Å². The SMILES string of the molecule is COC(=O)c1ccc(Oc2ncnc(N3CCCC3)c2[N+](=O)[O-])cc1. The van der Waals surface area contributed by atoms with E-state index in [1.54, 1.807) is 0 Å². The first-order valence-corrected chi connectivity index (χ1v) is 7.70. The van der Waals surface area contributed by atoms with Gasteiger partial charge in [-0.05, 0) is 37.1 Å². The zero-order chi connectivity index (χ0) is 17.8. The van der Waals surface area contributed by atoms with E-state index in [1.807, 2.05) is 4.90 Å². The minimum Gasteiger partial charge on any atom is -0.465 e. The number of rotatable bonds is 5. The largest absolute Gasteiger partial charge is 0.465 e. The van der Waals surface area contributed by atoms with Gasteiger partial charge in [-0.25, -0.2) is 9.78 Å². The zero-order valence-electron chi connectivity index (χ0n) is 13.5. The molecule has 1 aliphatic rings. The Hall–Kier alpha value is -3.23. The van der Waals surface area contributed by atoms with Crippen LogP contribution in [-0.4, -0.2) is 41.1 Å². The van der Waals surface area contributed by atoms with Crippen molar-refractivity contribution in [2.24, 2.45) is 0 Å². The van der Waals surface area contributed by atoms with Crippen molar-refractivity contribution in [1.29, 1.82) is 0 Å². The highest BCUT2D eigenvalue weighted by Gasteiger charge is 2.30. The average Bonchev–Trinajstić information content (AvgIpc) is 3.16. The first-order valence-electron chi connectivity index (χ1n) is 7.70. The smallest absolute Gasteiger partial charge is 0.373 e. The van der Waals surface area contributed by atoms with Gasteiger partial charge in [-0.15, -0.1) is 0 Å². The number of carbonyl (C=O) groups is 1. The molecular weight excluding hydrogens is 328 g/mol. The number of hydrogen-bond acceptors (Lipinski definition) is 8. The summed E-state index contributed by atoms with van der Waals surface area (Å²) in [7, 11) is 1.29. The molecule has 1 aliphatic heterocycles. The standard InChI is InChI=1S/C16H16N4O5/c1-24-16(21)11-4-6-12(7-5-11)25-15-13(20(22)23)14(17-10-18-15)19-8-2-3-9-19/h4-7,10H,2-3,8-9H2,1H3. The summed E-state index contributed by atoms with van der Waals surface area (Å²) in [6.45, 7) is 1.43. The molecule has 0 saturated carbocycles. The van der Waals surface area contributed by atoms with Crippen LogP contribution in [0.15, 0.2) is 30.6 Å². The van der Waals surface area contributed by atoms with E-state index < -0.39 is 10.9 Å². The molecule has 0 atom stereocenters. The predicted molar refractivity (Wildman–Crippen MR) is 88.0 cm³/mol. The molecule has 0 aliphatic carbocycles. The molecule has 0 unspecified atom stereocenters. The maximum atomic E-state index is 11.5. The Balaban J connectivity index is 1.90. The third-order valence-electron chi connectivity index (χ3n) is 3.85. The second-order valence-electron chi connectivity index (χ2n) is 5.42. The first-order chi connectivity index (χ1) is 12.1. The number of aromatic nitrogens is 2. The van der Waals surface area contributed by atoms with Crippen molar-refractivity contribution < 1.29 is 19.2 Å². The van der Waals surface area contributed by atoms with E-state index in [1.165, 1.54) is 37.7 Å². The Labute approximate surface area is 143 Å². The van der Waals surface area contributed by atoms with Gasteiger partial charge in [0.25, 0.3) is 0 Å². The summed E-state index contributed by atoms with van der Waals surface area (Å²) < 4.78 is 10.2. The highest BCUT2D eigenvalue weighted by Crippen LogP contribution is 2.37. The van der Waals surface area contributed by atoms with Crippen LogP contribution in [0.2, 0.25) is 0 Å². The normalized spacial score (nSPS) is 13.6. The molecule has 0 spiro atoms. The van der Waals surface area contributed by atoms with Crippen molar-refractivity contribution in [2.75, 3.05) is 25.1 Å². The Morgan fingerprint density at radius 3 is 2.48 bits per heavy atom. The summed E-state index contributed by atoms with van der Waals surface area (Å²) in [6, 6.07) is 6.06. The molecule has 9 nitrogen and oxygen atoms in total. The molecule has 0 bridgehead atoms. The zero-order valence-corrected chi connectivity index (χ0v) is 13.5. The molecule has 3 rings (SSSR count). The van der Waals surface area contributed by atoms with Gasteiger partial charge < -0.3 is 14.4 Å².